The van der Waals surface area contributed by atoms with Crippen LogP contribution in [0.4, 0.5) is 0 Å². The van der Waals surface area contributed by atoms with Crippen molar-refractivity contribution in [1.29, 1.82) is 0 Å². The average Bonchev–Trinajstić information content (AvgIpc) is 2.27. The lowest BCUT2D eigenvalue weighted by molar-refractivity contribution is 0.966. The van der Waals surface area contributed by atoms with Crippen molar-refractivity contribution >= 4 is 5.57 Å². The predicted molar refractivity (Wildman–Crippen MR) is 66.2 cm³/mol. The summed E-state index contributed by atoms with van der Waals surface area (Å²) in [6.07, 6.45) is 3.99. The molecule has 0 spiro atoms. The highest BCUT2D eigenvalue weighted by molar-refractivity contribution is 5.74. The van der Waals surface area contributed by atoms with Gasteiger partial charge in [-0.15, -0.1) is 0 Å². The van der Waals surface area contributed by atoms with Crippen molar-refractivity contribution in [3.63, 3.8) is 0 Å². The molecule has 0 heterocycles. The van der Waals surface area contributed by atoms with Gasteiger partial charge in [0.05, 0.1) is 5.82 Å². The first-order valence-electron chi connectivity index (χ1n) is 5.05. The van der Waals surface area contributed by atoms with Gasteiger partial charge >= 0.3 is 0 Å². The maximum Gasteiger partial charge on any atom is 0.0963 e. The van der Waals surface area contributed by atoms with Crippen LogP contribution in [0.2, 0.25) is 0 Å². The lowest BCUT2D eigenvalue weighted by atomic mass is 10.0. The van der Waals surface area contributed by atoms with Gasteiger partial charge in [-0.05, 0) is 31.1 Å². The lowest BCUT2D eigenvalue weighted by Crippen LogP contribution is -2.14. The molecule has 1 aromatic rings. The van der Waals surface area contributed by atoms with Gasteiger partial charge in [0.2, 0.25) is 0 Å². The molecule has 0 fully saturated rings. The van der Waals surface area contributed by atoms with E-state index in [4.69, 9.17) is 5.73 Å². The molecule has 0 saturated heterocycles. The summed E-state index contributed by atoms with van der Waals surface area (Å²) in [5, 5.41) is 2.91. The number of hydrogen-bond donors (Lipinski definition) is 2. The minimum absolute atomic E-state index is 0.670. The third kappa shape index (κ3) is 3.17. The molecule has 0 aliphatic heterocycles. The van der Waals surface area contributed by atoms with Gasteiger partial charge < -0.3 is 11.1 Å². The number of nitrogens with one attached hydrogen (secondary N) is 1. The molecule has 0 aromatic heterocycles. The summed E-state index contributed by atoms with van der Waals surface area (Å²) in [6, 6.07) is 8.40. The van der Waals surface area contributed by atoms with Gasteiger partial charge in [0.15, 0.2) is 0 Å². The number of allylic oxidation sites excluding steroid dienone is 3. The van der Waals surface area contributed by atoms with Crippen molar-refractivity contribution in [2.45, 2.75) is 13.8 Å². The first-order chi connectivity index (χ1) is 7.17. The summed E-state index contributed by atoms with van der Waals surface area (Å²) >= 11 is 0. The van der Waals surface area contributed by atoms with E-state index in [0.29, 0.717) is 5.82 Å². The molecule has 15 heavy (non-hydrogen) atoms. The average molecular weight is 202 g/mol. The third-order valence-electron chi connectivity index (χ3n) is 2.30. The number of nitrogens with two attached hydrogens (primary N) is 1. The van der Waals surface area contributed by atoms with Crippen LogP contribution in [0.3, 0.4) is 0 Å². The molecule has 0 atom stereocenters. The van der Waals surface area contributed by atoms with Crippen molar-refractivity contribution in [3.05, 3.63) is 53.4 Å². The van der Waals surface area contributed by atoms with E-state index in [1.807, 2.05) is 20.0 Å². The molecule has 1 aromatic carbocycles. The van der Waals surface area contributed by atoms with Gasteiger partial charge in [-0.2, -0.15) is 0 Å². The van der Waals surface area contributed by atoms with E-state index in [9.17, 15) is 0 Å². The molecule has 0 unspecified atom stereocenters. The van der Waals surface area contributed by atoms with Crippen LogP contribution in [0.1, 0.15) is 18.1 Å². The Balaban J connectivity index is 2.99. The van der Waals surface area contributed by atoms with Gasteiger partial charge in [0.25, 0.3) is 0 Å². The largest absolute Gasteiger partial charge is 0.386 e. The summed E-state index contributed by atoms with van der Waals surface area (Å²) in [5.74, 6) is 0.670. The van der Waals surface area contributed by atoms with Gasteiger partial charge in [-0.25, -0.2) is 0 Å². The zero-order chi connectivity index (χ0) is 11.3. The fourth-order valence-corrected chi connectivity index (χ4v) is 1.32. The molecule has 0 radical (unpaired) electrons. The molecular weight excluding hydrogens is 184 g/mol. The van der Waals surface area contributed by atoms with Crippen molar-refractivity contribution < 1.29 is 0 Å². The highest BCUT2D eigenvalue weighted by Gasteiger charge is 1.97. The topological polar surface area (TPSA) is 38.0 Å². The normalized spacial score (nSPS) is 12.7. The third-order valence-corrected chi connectivity index (χ3v) is 2.30. The van der Waals surface area contributed by atoms with Crippen molar-refractivity contribution in [1.82, 2.24) is 5.32 Å². The van der Waals surface area contributed by atoms with E-state index in [1.54, 1.807) is 0 Å². The standard InChI is InChI=1S/C13H18N2/c1-4-11(9-13(14)15-3)12-7-5-10(2)6-8-12/h4-9,15H,14H2,1-3H3/b11-4+,13-9-. The molecule has 2 heteroatoms. The molecule has 0 bridgehead atoms. The Kier molecular flexibility index (Phi) is 3.98. The second kappa shape index (κ2) is 5.25. The van der Waals surface area contributed by atoms with Crippen molar-refractivity contribution in [3.8, 4) is 0 Å². The van der Waals surface area contributed by atoms with E-state index in [-0.39, 0.29) is 0 Å². The highest BCUT2D eigenvalue weighted by Crippen LogP contribution is 2.16. The van der Waals surface area contributed by atoms with Crippen LogP contribution in [-0.4, -0.2) is 7.05 Å². The summed E-state index contributed by atoms with van der Waals surface area (Å²) in [4.78, 5) is 0. The van der Waals surface area contributed by atoms with Gasteiger partial charge in [-0.3, -0.25) is 0 Å². The molecule has 0 amide bonds. The summed E-state index contributed by atoms with van der Waals surface area (Å²) in [5.41, 5.74) is 9.30. The van der Waals surface area contributed by atoms with Crippen LogP contribution in [0.25, 0.3) is 5.57 Å². The van der Waals surface area contributed by atoms with Gasteiger partial charge in [0, 0.05) is 7.05 Å². The Bertz CT molecular complexity index is 372. The Morgan fingerprint density at radius 1 is 1.27 bits per heavy atom. The Morgan fingerprint density at radius 3 is 2.33 bits per heavy atom. The van der Waals surface area contributed by atoms with E-state index < -0.39 is 0 Å². The number of hydrogen-bond acceptors (Lipinski definition) is 2. The molecule has 2 nitrogen and oxygen atoms in total. The molecular formula is C13H18N2. The van der Waals surface area contributed by atoms with E-state index in [0.717, 1.165) is 5.57 Å². The summed E-state index contributed by atoms with van der Waals surface area (Å²) in [7, 11) is 1.81. The Labute approximate surface area is 91.5 Å². The first-order valence-corrected chi connectivity index (χ1v) is 5.05. The molecule has 0 aliphatic rings. The van der Waals surface area contributed by atoms with Crippen molar-refractivity contribution in [2.24, 2.45) is 5.73 Å². The quantitative estimate of drug-likeness (QED) is 0.739. The molecule has 3 N–H and O–H groups in total. The number of rotatable bonds is 3. The fraction of sp³-hybridized carbons (Fsp3) is 0.231. The Morgan fingerprint density at radius 2 is 1.87 bits per heavy atom. The molecule has 1 rings (SSSR count). The van der Waals surface area contributed by atoms with Crippen LogP contribution in [0, 0.1) is 6.92 Å². The lowest BCUT2D eigenvalue weighted by Gasteiger charge is -2.05. The van der Waals surface area contributed by atoms with Crippen LogP contribution >= 0.6 is 0 Å². The number of aryl methyl sites for hydroxylation is 1. The molecule has 0 saturated carbocycles. The predicted octanol–water partition coefficient (Wildman–Crippen LogP) is 2.42. The van der Waals surface area contributed by atoms with E-state index >= 15 is 0 Å². The minimum atomic E-state index is 0.670. The SMILES string of the molecule is C/C=C(\C=C(\N)NC)c1ccc(C)cc1. The number of benzene rings is 1. The van der Waals surface area contributed by atoms with Crippen LogP contribution in [0.5, 0.6) is 0 Å². The second-order valence-electron chi connectivity index (χ2n) is 3.46. The smallest absolute Gasteiger partial charge is 0.0963 e. The Hall–Kier alpha value is -1.70. The van der Waals surface area contributed by atoms with E-state index in [1.165, 1.54) is 11.1 Å². The first kappa shape index (κ1) is 11.4. The zero-order valence-electron chi connectivity index (χ0n) is 9.54. The van der Waals surface area contributed by atoms with Gasteiger partial charge in [-0.1, -0.05) is 35.9 Å². The van der Waals surface area contributed by atoms with E-state index in [2.05, 4.69) is 42.6 Å². The van der Waals surface area contributed by atoms with Crippen molar-refractivity contribution in [2.75, 3.05) is 7.05 Å². The molecule has 80 valence electrons. The fourth-order valence-electron chi connectivity index (χ4n) is 1.32. The maximum absolute atomic E-state index is 5.73. The zero-order valence-corrected chi connectivity index (χ0v) is 9.54. The van der Waals surface area contributed by atoms with Crippen LogP contribution in [0.15, 0.2) is 42.2 Å². The molecule has 0 aliphatic carbocycles. The summed E-state index contributed by atoms with van der Waals surface area (Å²) < 4.78 is 0. The highest BCUT2D eigenvalue weighted by atomic mass is 14.9. The van der Waals surface area contributed by atoms with Crippen LogP contribution < -0.4 is 11.1 Å². The van der Waals surface area contributed by atoms with Gasteiger partial charge in [0.1, 0.15) is 0 Å². The minimum Gasteiger partial charge on any atom is -0.386 e. The van der Waals surface area contributed by atoms with Crippen LogP contribution in [-0.2, 0) is 0 Å². The second-order valence-corrected chi connectivity index (χ2v) is 3.46. The maximum atomic E-state index is 5.73. The monoisotopic (exact) mass is 202 g/mol. The summed E-state index contributed by atoms with van der Waals surface area (Å²) in [6.45, 7) is 4.09.